The highest BCUT2D eigenvalue weighted by atomic mass is 16.2. The van der Waals surface area contributed by atoms with Crippen LogP contribution in [0.4, 0.5) is 0 Å². The summed E-state index contributed by atoms with van der Waals surface area (Å²) in [6.07, 6.45) is 10.8. The normalized spacial score (nSPS) is 24.3. The summed E-state index contributed by atoms with van der Waals surface area (Å²) >= 11 is 0. The maximum Gasteiger partial charge on any atom is 0.227 e. The zero-order chi connectivity index (χ0) is 20.9. The highest BCUT2D eigenvalue weighted by molar-refractivity contribution is 5.84. The number of rotatable bonds is 9. The van der Waals surface area contributed by atoms with Crippen molar-refractivity contribution in [1.82, 2.24) is 14.7 Å². The Kier molecular flexibility index (Phi) is 7.14. The van der Waals surface area contributed by atoms with Gasteiger partial charge < -0.3 is 14.7 Å². The van der Waals surface area contributed by atoms with Gasteiger partial charge in [0.1, 0.15) is 0 Å². The first-order valence-electron chi connectivity index (χ1n) is 11.1. The molecule has 0 radical (unpaired) electrons. The summed E-state index contributed by atoms with van der Waals surface area (Å²) < 4.78 is 0. The van der Waals surface area contributed by atoms with Crippen LogP contribution in [0.15, 0.2) is 25.3 Å². The highest BCUT2D eigenvalue weighted by Gasteiger charge is 2.44. The summed E-state index contributed by atoms with van der Waals surface area (Å²) in [5, 5.41) is 0. The van der Waals surface area contributed by atoms with Gasteiger partial charge in [0.05, 0.1) is 5.92 Å². The lowest BCUT2D eigenvalue weighted by molar-refractivity contribution is -0.145. The maximum absolute atomic E-state index is 13.4. The van der Waals surface area contributed by atoms with Crippen LogP contribution in [-0.4, -0.2) is 70.7 Å². The quantitative estimate of drug-likeness (QED) is 0.558. The molecule has 1 atom stereocenters. The Labute approximate surface area is 174 Å². The van der Waals surface area contributed by atoms with Crippen LogP contribution in [0.1, 0.15) is 57.8 Å². The average Bonchev–Trinajstić information content (AvgIpc) is 3.30. The van der Waals surface area contributed by atoms with Crippen molar-refractivity contribution in [3.05, 3.63) is 25.3 Å². The molecule has 0 aromatic rings. The zero-order valence-corrected chi connectivity index (χ0v) is 17.6. The lowest BCUT2D eigenvalue weighted by Crippen LogP contribution is -2.53. The standard InChI is InChI=1S/C23H35N3O3/c1-3-11-23(12-4-2)13-6-17-26(23)22(29)19-9-10-21(28)25(18-19)16-7-15-24-14-5-8-20(24)27/h3-4,19H,1-2,5-18H2/t19-/m0/s1. The Morgan fingerprint density at radius 2 is 1.69 bits per heavy atom. The third-order valence-corrected chi connectivity index (χ3v) is 6.79. The van der Waals surface area contributed by atoms with Gasteiger partial charge in [-0.15, -0.1) is 13.2 Å². The van der Waals surface area contributed by atoms with Gasteiger partial charge in [-0.05, 0) is 44.9 Å². The van der Waals surface area contributed by atoms with E-state index in [1.165, 1.54) is 0 Å². The first kappa shape index (κ1) is 21.6. The van der Waals surface area contributed by atoms with Gasteiger partial charge in [0.15, 0.2) is 0 Å². The second kappa shape index (κ2) is 9.59. The molecule has 3 amide bonds. The summed E-state index contributed by atoms with van der Waals surface area (Å²) in [6.45, 7) is 11.2. The minimum atomic E-state index is -0.191. The fourth-order valence-electron chi connectivity index (χ4n) is 5.27. The summed E-state index contributed by atoms with van der Waals surface area (Å²) in [4.78, 5) is 43.4. The van der Waals surface area contributed by atoms with Crippen molar-refractivity contribution in [2.24, 2.45) is 5.92 Å². The first-order chi connectivity index (χ1) is 14.0. The summed E-state index contributed by atoms with van der Waals surface area (Å²) in [5.41, 5.74) is -0.191. The van der Waals surface area contributed by atoms with E-state index in [1.807, 2.05) is 22.0 Å². The second-order valence-electron chi connectivity index (χ2n) is 8.72. The van der Waals surface area contributed by atoms with Gasteiger partial charge in [0.2, 0.25) is 17.7 Å². The number of likely N-dealkylation sites (tertiary alicyclic amines) is 3. The lowest BCUT2D eigenvalue weighted by Gasteiger charge is -2.41. The molecule has 0 aromatic heterocycles. The van der Waals surface area contributed by atoms with Gasteiger partial charge in [0.25, 0.3) is 0 Å². The van der Waals surface area contributed by atoms with Gasteiger partial charge in [-0.25, -0.2) is 0 Å². The Balaban J connectivity index is 1.59. The van der Waals surface area contributed by atoms with Gasteiger partial charge in [-0.2, -0.15) is 0 Å². The van der Waals surface area contributed by atoms with Crippen LogP contribution in [0.25, 0.3) is 0 Å². The molecule has 160 valence electrons. The second-order valence-corrected chi connectivity index (χ2v) is 8.72. The molecule has 3 aliphatic heterocycles. The molecule has 0 N–H and O–H groups in total. The van der Waals surface area contributed by atoms with E-state index in [-0.39, 0.29) is 29.2 Å². The zero-order valence-electron chi connectivity index (χ0n) is 17.6. The van der Waals surface area contributed by atoms with Crippen molar-refractivity contribution in [1.29, 1.82) is 0 Å². The van der Waals surface area contributed by atoms with Crippen molar-refractivity contribution in [2.75, 3.05) is 32.7 Å². The van der Waals surface area contributed by atoms with Gasteiger partial charge in [0, 0.05) is 51.1 Å². The van der Waals surface area contributed by atoms with Crippen molar-refractivity contribution in [3.8, 4) is 0 Å². The molecule has 0 aromatic carbocycles. The Morgan fingerprint density at radius 3 is 2.34 bits per heavy atom. The minimum absolute atomic E-state index is 0.131. The molecule has 3 fully saturated rings. The van der Waals surface area contributed by atoms with E-state index in [2.05, 4.69) is 18.1 Å². The number of carbonyl (C=O) groups excluding carboxylic acids is 3. The molecule has 0 bridgehead atoms. The number of carbonyl (C=O) groups is 3. The van der Waals surface area contributed by atoms with E-state index < -0.39 is 0 Å². The van der Waals surface area contributed by atoms with Crippen LogP contribution in [0.2, 0.25) is 0 Å². The van der Waals surface area contributed by atoms with Crippen molar-refractivity contribution >= 4 is 17.7 Å². The molecule has 3 saturated heterocycles. The SMILES string of the molecule is C=CCC1(CC=C)CCCN1C(=O)[C@H]1CCC(=O)N(CCCN2CCCC2=O)C1. The first-order valence-corrected chi connectivity index (χ1v) is 11.1. The molecule has 6 heteroatoms. The molecule has 3 aliphatic rings. The highest BCUT2D eigenvalue weighted by Crippen LogP contribution is 2.38. The fourth-order valence-corrected chi connectivity index (χ4v) is 5.27. The topological polar surface area (TPSA) is 60.9 Å². The largest absolute Gasteiger partial charge is 0.343 e. The molecular weight excluding hydrogens is 366 g/mol. The molecule has 0 spiro atoms. The maximum atomic E-state index is 13.4. The predicted molar refractivity (Wildman–Crippen MR) is 113 cm³/mol. The van der Waals surface area contributed by atoms with Crippen LogP contribution < -0.4 is 0 Å². The molecule has 0 aliphatic carbocycles. The van der Waals surface area contributed by atoms with Crippen LogP contribution in [0.5, 0.6) is 0 Å². The van der Waals surface area contributed by atoms with E-state index >= 15 is 0 Å². The van der Waals surface area contributed by atoms with Crippen molar-refractivity contribution in [3.63, 3.8) is 0 Å². The van der Waals surface area contributed by atoms with Crippen LogP contribution in [0, 0.1) is 5.92 Å². The number of hydrogen-bond donors (Lipinski definition) is 0. The number of piperidine rings is 1. The number of nitrogens with zero attached hydrogens (tertiary/aromatic N) is 3. The van der Waals surface area contributed by atoms with Crippen molar-refractivity contribution < 1.29 is 14.4 Å². The van der Waals surface area contributed by atoms with E-state index in [9.17, 15) is 14.4 Å². The molecular formula is C23H35N3O3. The smallest absolute Gasteiger partial charge is 0.227 e. The minimum Gasteiger partial charge on any atom is -0.343 e. The Hall–Kier alpha value is -2.11. The summed E-state index contributed by atoms with van der Waals surface area (Å²) in [7, 11) is 0. The van der Waals surface area contributed by atoms with E-state index in [0.29, 0.717) is 38.9 Å². The number of hydrogen-bond acceptors (Lipinski definition) is 3. The molecule has 6 nitrogen and oxygen atoms in total. The Bertz CT molecular complexity index is 650. The lowest BCUT2D eigenvalue weighted by atomic mass is 9.86. The molecule has 0 unspecified atom stereocenters. The summed E-state index contributed by atoms with van der Waals surface area (Å²) in [6, 6.07) is 0. The van der Waals surface area contributed by atoms with Crippen LogP contribution in [-0.2, 0) is 14.4 Å². The predicted octanol–water partition coefficient (Wildman–Crippen LogP) is 2.75. The van der Waals surface area contributed by atoms with Gasteiger partial charge in [-0.3, -0.25) is 14.4 Å². The molecule has 3 heterocycles. The average molecular weight is 402 g/mol. The number of amides is 3. The monoisotopic (exact) mass is 401 g/mol. The third kappa shape index (κ3) is 4.73. The van der Waals surface area contributed by atoms with Crippen LogP contribution in [0.3, 0.4) is 0 Å². The van der Waals surface area contributed by atoms with E-state index in [0.717, 1.165) is 51.6 Å². The van der Waals surface area contributed by atoms with Gasteiger partial charge >= 0.3 is 0 Å². The molecule has 29 heavy (non-hydrogen) atoms. The van der Waals surface area contributed by atoms with E-state index in [4.69, 9.17) is 0 Å². The van der Waals surface area contributed by atoms with E-state index in [1.54, 1.807) is 0 Å². The van der Waals surface area contributed by atoms with Crippen LogP contribution >= 0.6 is 0 Å². The summed E-state index contributed by atoms with van der Waals surface area (Å²) in [5.74, 6) is 0.399. The third-order valence-electron chi connectivity index (χ3n) is 6.79. The van der Waals surface area contributed by atoms with Crippen molar-refractivity contribution in [2.45, 2.75) is 63.3 Å². The fraction of sp³-hybridized carbons (Fsp3) is 0.696. The van der Waals surface area contributed by atoms with Gasteiger partial charge in [-0.1, -0.05) is 12.2 Å². The molecule has 0 saturated carbocycles. The Morgan fingerprint density at radius 1 is 1.00 bits per heavy atom. The molecule has 3 rings (SSSR count).